The predicted octanol–water partition coefficient (Wildman–Crippen LogP) is 2.75. The highest BCUT2D eigenvalue weighted by Gasteiger charge is 2.15. The smallest absolute Gasteiger partial charge is 0.323 e. The first-order valence-corrected chi connectivity index (χ1v) is 5.03. The summed E-state index contributed by atoms with van der Waals surface area (Å²) in [5, 5.41) is 10.8. The molecule has 0 fully saturated rings. The van der Waals surface area contributed by atoms with Crippen LogP contribution < -0.4 is 0 Å². The lowest BCUT2D eigenvalue weighted by Crippen LogP contribution is -2.05. The summed E-state index contributed by atoms with van der Waals surface area (Å²) in [7, 11) is 0. The van der Waals surface area contributed by atoms with Crippen molar-refractivity contribution in [2.75, 3.05) is 0 Å². The summed E-state index contributed by atoms with van der Waals surface area (Å²) < 4.78 is 1.70. The van der Waals surface area contributed by atoms with Crippen LogP contribution in [0.4, 0.5) is 5.82 Å². The molecule has 0 aliphatic heterocycles. The standard InChI is InChI=1S/C12H12N2O2/c1-10-7-8-12(14(15)16)13(10)9-11-5-3-2-4-6-11/h2-8H,9H2,1H3. The Morgan fingerprint density at radius 3 is 2.50 bits per heavy atom. The van der Waals surface area contributed by atoms with Crippen molar-refractivity contribution in [3.05, 3.63) is 63.8 Å². The molecule has 0 amide bonds. The average molecular weight is 216 g/mol. The molecule has 0 bridgehead atoms. The molecule has 82 valence electrons. The summed E-state index contributed by atoms with van der Waals surface area (Å²) in [4.78, 5) is 10.5. The van der Waals surface area contributed by atoms with Gasteiger partial charge in [0.25, 0.3) is 0 Å². The van der Waals surface area contributed by atoms with Crippen molar-refractivity contribution in [2.24, 2.45) is 0 Å². The first-order valence-electron chi connectivity index (χ1n) is 5.03. The molecule has 0 saturated carbocycles. The van der Waals surface area contributed by atoms with E-state index in [9.17, 15) is 10.1 Å². The summed E-state index contributed by atoms with van der Waals surface area (Å²) in [5.74, 6) is 0.140. The van der Waals surface area contributed by atoms with Crippen LogP contribution in [0.2, 0.25) is 0 Å². The minimum absolute atomic E-state index is 0.140. The monoisotopic (exact) mass is 216 g/mol. The fraction of sp³-hybridized carbons (Fsp3) is 0.167. The zero-order valence-corrected chi connectivity index (χ0v) is 8.96. The second kappa shape index (κ2) is 4.18. The Bertz CT molecular complexity index is 503. The van der Waals surface area contributed by atoms with E-state index in [-0.39, 0.29) is 10.7 Å². The molecule has 2 rings (SSSR count). The van der Waals surface area contributed by atoms with Gasteiger partial charge in [-0.2, -0.15) is 0 Å². The van der Waals surface area contributed by atoms with Crippen molar-refractivity contribution in [3.8, 4) is 0 Å². The summed E-state index contributed by atoms with van der Waals surface area (Å²) in [5.41, 5.74) is 1.96. The molecule has 0 spiro atoms. The van der Waals surface area contributed by atoms with Gasteiger partial charge in [0.05, 0.1) is 0 Å². The summed E-state index contributed by atoms with van der Waals surface area (Å²) >= 11 is 0. The van der Waals surface area contributed by atoms with Gasteiger partial charge in [-0.15, -0.1) is 0 Å². The largest absolute Gasteiger partial charge is 0.358 e. The van der Waals surface area contributed by atoms with Crippen LogP contribution in [0.15, 0.2) is 42.5 Å². The quantitative estimate of drug-likeness (QED) is 0.585. The number of nitro groups is 1. The molecule has 16 heavy (non-hydrogen) atoms. The van der Waals surface area contributed by atoms with Crippen LogP contribution in [0, 0.1) is 17.0 Å². The highest BCUT2D eigenvalue weighted by molar-refractivity contribution is 5.29. The van der Waals surface area contributed by atoms with Crippen LogP contribution in [-0.2, 0) is 6.54 Å². The number of nitrogens with zero attached hydrogens (tertiary/aromatic N) is 2. The average Bonchev–Trinajstić information content (AvgIpc) is 2.62. The maximum atomic E-state index is 10.8. The molecule has 0 saturated heterocycles. The van der Waals surface area contributed by atoms with Crippen molar-refractivity contribution in [3.63, 3.8) is 0 Å². The summed E-state index contributed by atoms with van der Waals surface area (Å²) in [6.45, 7) is 2.41. The molecule has 0 radical (unpaired) electrons. The van der Waals surface area contributed by atoms with Gasteiger partial charge in [0.15, 0.2) is 0 Å². The number of hydrogen-bond donors (Lipinski definition) is 0. The second-order valence-electron chi connectivity index (χ2n) is 3.66. The van der Waals surface area contributed by atoms with Gasteiger partial charge in [-0.25, -0.2) is 4.57 Å². The van der Waals surface area contributed by atoms with E-state index in [0.29, 0.717) is 6.54 Å². The number of hydrogen-bond acceptors (Lipinski definition) is 2. The second-order valence-corrected chi connectivity index (χ2v) is 3.66. The third-order valence-corrected chi connectivity index (χ3v) is 2.55. The number of benzene rings is 1. The third-order valence-electron chi connectivity index (χ3n) is 2.55. The molecule has 4 nitrogen and oxygen atoms in total. The van der Waals surface area contributed by atoms with Gasteiger partial charge in [0.1, 0.15) is 12.2 Å². The molecule has 0 N–H and O–H groups in total. The topological polar surface area (TPSA) is 48.1 Å². The van der Waals surface area contributed by atoms with Crippen LogP contribution in [0.1, 0.15) is 11.3 Å². The normalized spacial score (nSPS) is 10.3. The van der Waals surface area contributed by atoms with E-state index in [1.54, 1.807) is 10.6 Å². The zero-order valence-electron chi connectivity index (χ0n) is 8.96. The number of rotatable bonds is 3. The molecule has 4 heteroatoms. The molecule has 1 heterocycles. The van der Waals surface area contributed by atoms with Crippen LogP contribution >= 0.6 is 0 Å². The Labute approximate surface area is 93.3 Å². The van der Waals surface area contributed by atoms with Gasteiger partial charge in [0.2, 0.25) is 0 Å². The fourth-order valence-corrected chi connectivity index (χ4v) is 1.69. The lowest BCUT2D eigenvalue weighted by Gasteiger charge is -2.03. The SMILES string of the molecule is Cc1ccc([N+](=O)[O-])n1Cc1ccccc1. The molecule has 1 aromatic heterocycles. The van der Waals surface area contributed by atoms with E-state index in [4.69, 9.17) is 0 Å². The Balaban J connectivity index is 2.34. The lowest BCUT2D eigenvalue weighted by atomic mass is 10.2. The maximum Gasteiger partial charge on any atom is 0.323 e. The molecule has 2 aromatic rings. The van der Waals surface area contributed by atoms with Crippen LogP contribution in [0.5, 0.6) is 0 Å². The Hall–Kier alpha value is -2.10. The Morgan fingerprint density at radius 1 is 1.19 bits per heavy atom. The number of aryl methyl sites for hydroxylation is 1. The molecule has 0 aliphatic rings. The first-order chi connectivity index (χ1) is 7.68. The molecule has 0 unspecified atom stereocenters. The predicted molar refractivity (Wildman–Crippen MR) is 61.4 cm³/mol. The van der Waals surface area contributed by atoms with E-state index in [1.807, 2.05) is 37.3 Å². The van der Waals surface area contributed by atoms with Crippen molar-refractivity contribution in [2.45, 2.75) is 13.5 Å². The molecular formula is C12H12N2O2. The van der Waals surface area contributed by atoms with E-state index in [2.05, 4.69) is 0 Å². The van der Waals surface area contributed by atoms with Crippen molar-refractivity contribution < 1.29 is 4.92 Å². The van der Waals surface area contributed by atoms with Gasteiger partial charge >= 0.3 is 5.82 Å². The summed E-state index contributed by atoms with van der Waals surface area (Å²) in [6.07, 6.45) is 0. The van der Waals surface area contributed by atoms with Crippen molar-refractivity contribution in [1.82, 2.24) is 4.57 Å². The molecule has 1 aromatic carbocycles. The van der Waals surface area contributed by atoms with Gasteiger partial charge < -0.3 is 10.1 Å². The van der Waals surface area contributed by atoms with Gasteiger partial charge in [-0.3, -0.25) is 0 Å². The van der Waals surface area contributed by atoms with E-state index < -0.39 is 0 Å². The molecule has 0 aliphatic carbocycles. The van der Waals surface area contributed by atoms with Gasteiger partial charge in [-0.1, -0.05) is 30.3 Å². The highest BCUT2D eigenvalue weighted by atomic mass is 16.6. The van der Waals surface area contributed by atoms with E-state index >= 15 is 0 Å². The molecule has 0 atom stereocenters. The fourth-order valence-electron chi connectivity index (χ4n) is 1.69. The van der Waals surface area contributed by atoms with Crippen LogP contribution in [0.3, 0.4) is 0 Å². The Morgan fingerprint density at radius 2 is 1.88 bits per heavy atom. The highest BCUT2D eigenvalue weighted by Crippen LogP contribution is 2.18. The Kier molecular flexibility index (Phi) is 2.72. The minimum Gasteiger partial charge on any atom is -0.358 e. The molecular weight excluding hydrogens is 204 g/mol. The van der Waals surface area contributed by atoms with E-state index in [1.165, 1.54) is 6.07 Å². The van der Waals surface area contributed by atoms with Gasteiger partial charge in [0, 0.05) is 6.07 Å². The van der Waals surface area contributed by atoms with Crippen LogP contribution in [0.25, 0.3) is 0 Å². The lowest BCUT2D eigenvalue weighted by molar-refractivity contribution is -0.392. The van der Waals surface area contributed by atoms with E-state index in [0.717, 1.165) is 11.3 Å². The zero-order chi connectivity index (χ0) is 11.5. The third kappa shape index (κ3) is 1.95. The maximum absolute atomic E-state index is 10.8. The first kappa shape index (κ1) is 10.4. The van der Waals surface area contributed by atoms with Crippen LogP contribution in [-0.4, -0.2) is 9.49 Å². The minimum atomic E-state index is -0.351. The number of aromatic nitrogens is 1. The summed E-state index contributed by atoms with van der Waals surface area (Å²) in [6, 6.07) is 13.0. The van der Waals surface area contributed by atoms with Gasteiger partial charge in [-0.05, 0) is 23.5 Å². The van der Waals surface area contributed by atoms with Crippen molar-refractivity contribution >= 4 is 5.82 Å². The van der Waals surface area contributed by atoms with Crippen molar-refractivity contribution in [1.29, 1.82) is 0 Å².